The molecule has 146 valence electrons. The summed E-state index contributed by atoms with van der Waals surface area (Å²) in [4.78, 5) is 8.62. The molecule has 0 saturated carbocycles. The van der Waals surface area contributed by atoms with Gasteiger partial charge in [0, 0.05) is 12.6 Å². The Labute approximate surface area is 162 Å². The molecule has 28 heavy (non-hydrogen) atoms. The fourth-order valence-corrected chi connectivity index (χ4v) is 2.66. The van der Waals surface area contributed by atoms with E-state index in [9.17, 15) is 8.78 Å². The average Bonchev–Trinajstić information content (AvgIpc) is 3.16. The molecule has 3 rings (SSSR count). The van der Waals surface area contributed by atoms with Gasteiger partial charge in [-0.05, 0) is 43.7 Å². The lowest BCUT2D eigenvalue weighted by Gasteiger charge is -2.18. The predicted octanol–water partition coefficient (Wildman–Crippen LogP) is 4.35. The molecule has 1 aromatic heterocycles. The number of oxazole rings is 1. The number of aliphatic imine (C=N–C) groups is 1. The molecule has 0 radical (unpaired) electrons. The molecule has 0 bridgehead atoms. The van der Waals surface area contributed by atoms with E-state index in [2.05, 4.69) is 20.6 Å². The van der Waals surface area contributed by atoms with Crippen LogP contribution in [-0.4, -0.2) is 18.0 Å². The summed E-state index contributed by atoms with van der Waals surface area (Å²) >= 11 is 0. The number of guanidine groups is 1. The fourth-order valence-electron chi connectivity index (χ4n) is 2.66. The van der Waals surface area contributed by atoms with E-state index in [0.29, 0.717) is 24.0 Å². The summed E-state index contributed by atoms with van der Waals surface area (Å²) in [7, 11) is 1.63. The average molecular weight is 384 g/mol. The van der Waals surface area contributed by atoms with E-state index in [1.54, 1.807) is 13.3 Å². The number of aryl methyl sites for hydroxylation is 1. The molecule has 0 amide bonds. The first-order chi connectivity index (χ1) is 13.5. The van der Waals surface area contributed by atoms with Gasteiger partial charge < -0.3 is 15.1 Å². The first kappa shape index (κ1) is 19.5. The van der Waals surface area contributed by atoms with Crippen LogP contribution < -0.4 is 10.6 Å². The maximum atomic E-state index is 13.4. The van der Waals surface area contributed by atoms with Crippen molar-refractivity contribution in [1.82, 2.24) is 15.6 Å². The van der Waals surface area contributed by atoms with Crippen molar-refractivity contribution < 1.29 is 13.2 Å². The number of nitrogens with one attached hydrogen (secondary N) is 2. The van der Waals surface area contributed by atoms with Crippen LogP contribution >= 0.6 is 0 Å². The van der Waals surface area contributed by atoms with Crippen molar-refractivity contribution in [2.45, 2.75) is 26.4 Å². The maximum absolute atomic E-state index is 13.4. The third-order valence-corrected chi connectivity index (χ3v) is 4.31. The van der Waals surface area contributed by atoms with E-state index in [1.807, 2.05) is 38.1 Å². The number of hydrogen-bond acceptors (Lipinski definition) is 3. The SMILES string of the molecule is CN=C(NCc1coc(-c2ccc(C)cc2)n1)NC(C)c1ccc(F)c(F)c1. The fraction of sp³-hybridized carbons (Fsp3) is 0.238. The largest absolute Gasteiger partial charge is 0.444 e. The lowest BCUT2D eigenvalue weighted by atomic mass is 10.1. The highest BCUT2D eigenvalue weighted by Crippen LogP contribution is 2.19. The summed E-state index contributed by atoms with van der Waals surface area (Å²) < 4.78 is 32.1. The van der Waals surface area contributed by atoms with Crippen LogP contribution in [0.4, 0.5) is 8.78 Å². The van der Waals surface area contributed by atoms with Gasteiger partial charge in [0.25, 0.3) is 0 Å². The highest BCUT2D eigenvalue weighted by Gasteiger charge is 2.12. The molecular weight excluding hydrogens is 362 g/mol. The normalized spacial score (nSPS) is 12.7. The van der Waals surface area contributed by atoms with Gasteiger partial charge in [0.1, 0.15) is 6.26 Å². The summed E-state index contributed by atoms with van der Waals surface area (Å²) in [5, 5.41) is 6.27. The zero-order valence-electron chi connectivity index (χ0n) is 16.0. The van der Waals surface area contributed by atoms with Crippen LogP contribution in [0.3, 0.4) is 0 Å². The molecule has 0 aliphatic heterocycles. The molecule has 0 saturated heterocycles. The molecule has 1 heterocycles. The van der Waals surface area contributed by atoms with Gasteiger partial charge in [-0.2, -0.15) is 0 Å². The monoisotopic (exact) mass is 384 g/mol. The summed E-state index contributed by atoms with van der Waals surface area (Å²) in [6.07, 6.45) is 1.59. The number of rotatable bonds is 5. The molecule has 7 heteroatoms. The molecule has 0 aliphatic carbocycles. The molecular formula is C21H22F2N4O. The minimum absolute atomic E-state index is 0.262. The summed E-state index contributed by atoms with van der Waals surface area (Å²) in [6.45, 7) is 4.26. The van der Waals surface area contributed by atoms with Crippen LogP contribution in [0.25, 0.3) is 11.5 Å². The number of aromatic nitrogens is 1. The highest BCUT2D eigenvalue weighted by atomic mass is 19.2. The van der Waals surface area contributed by atoms with Crippen LogP contribution in [0.2, 0.25) is 0 Å². The van der Waals surface area contributed by atoms with E-state index < -0.39 is 11.6 Å². The molecule has 0 fully saturated rings. The van der Waals surface area contributed by atoms with Gasteiger partial charge in [-0.25, -0.2) is 13.8 Å². The minimum Gasteiger partial charge on any atom is -0.444 e. The second-order valence-electron chi connectivity index (χ2n) is 6.48. The Hall–Kier alpha value is -3.22. The first-order valence-electron chi connectivity index (χ1n) is 8.90. The van der Waals surface area contributed by atoms with Crippen molar-refractivity contribution >= 4 is 5.96 Å². The second kappa shape index (κ2) is 8.65. The Balaban J connectivity index is 1.59. The van der Waals surface area contributed by atoms with E-state index in [1.165, 1.54) is 17.7 Å². The van der Waals surface area contributed by atoms with Crippen molar-refractivity contribution in [1.29, 1.82) is 0 Å². The third-order valence-electron chi connectivity index (χ3n) is 4.31. The van der Waals surface area contributed by atoms with Gasteiger partial charge in [0.2, 0.25) is 5.89 Å². The zero-order valence-corrected chi connectivity index (χ0v) is 16.0. The van der Waals surface area contributed by atoms with E-state index in [-0.39, 0.29) is 6.04 Å². The molecule has 0 aliphatic rings. The Morgan fingerprint density at radius 3 is 2.57 bits per heavy atom. The molecule has 1 atom stereocenters. The van der Waals surface area contributed by atoms with E-state index in [0.717, 1.165) is 17.3 Å². The lowest BCUT2D eigenvalue weighted by Crippen LogP contribution is -2.38. The lowest BCUT2D eigenvalue weighted by molar-refractivity contribution is 0.504. The van der Waals surface area contributed by atoms with Crippen molar-refractivity contribution in [2.75, 3.05) is 7.05 Å². The van der Waals surface area contributed by atoms with Crippen molar-refractivity contribution in [3.05, 3.63) is 77.2 Å². The Kier molecular flexibility index (Phi) is 6.03. The Morgan fingerprint density at radius 1 is 1.14 bits per heavy atom. The molecule has 1 unspecified atom stereocenters. The van der Waals surface area contributed by atoms with Gasteiger partial charge in [-0.3, -0.25) is 4.99 Å². The Bertz CT molecular complexity index is 967. The van der Waals surface area contributed by atoms with Gasteiger partial charge in [-0.1, -0.05) is 23.8 Å². The number of halogens is 2. The van der Waals surface area contributed by atoms with Crippen LogP contribution in [0.1, 0.15) is 29.8 Å². The Morgan fingerprint density at radius 2 is 1.89 bits per heavy atom. The van der Waals surface area contributed by atoms with Gasteiger partial charge in [-0.15, -0.1) is 0 Å². The smallest absolute Gasteiger partial charge is 0.226 e. The van der Waals surface area contributed by atoms with Gasteiger partial charge in [0.05, 0.1) is 18.3 Å². The topological polar surface area (TPSA) is 62.5 Å². The summed E-state index contributed by atoms with van der Waals surface area (Å²) in [6, 6.07) is 11.5. The summed E-state index contributed by atoms with van der Waals surface area (Å²) in [5.41, 5.74) is 3.41. The highest BCUT2D eigenvalue weighted by molar-refractivity contribution is 5.80. The summed E-state index contributed by atoms with van der Waals surface area (Å²) in [5.74, 6) is -0.679. The van der Waals surface area contributed by atoms with E-state index >= 15 is 0 Å². The van der Waals surface area contributed by atoms with Gasteiger partial charge in [0.15, 0.2) is 17.6 Å². The quantitative estimate of drug-likeness (QED) is 0.507. The van der Waals surface area contributed by atoms with Crippen LogP contribution in [0.5, 0.6) is 0 Å². The second-order valence-corrected chi connectivity index (χ2v) is 6.48. The maximum Gasteiger partial charge on any atom is 0.226 e. The van der Waals surface area contributed by atoms with Crippen molar-refractivity contribution in [3.63, 3.8) is 0 Å². The number of nitrogens with zero attached hydrogens (tertiary/aromatic N) is 2. The third kappa shape index (κ3) is 4.73. The molecule has 2 aromatic carbocycles. The van der Waals surface area contributed by atoms with Crippen molar-refractivity contribution in [2.24, 2.45) is 4.99 Å². The van der Waals surface area contributed by atoms with Crippen LogP contribution in [0.15, 0.2) is 58.1 Å². The van der Waals surface area contributed by atoms with Crippen LogP contribution in [0, 0.1) is 18.6 Å². The predicted molar refractivity (Wildman–Crippen MR) is 105 cm³/mol. The molecule has 5 nitrogen and oxygen atoms in total. The standard InChI is InChI=1S/C21H22F2N4O/c1-13-4-6-15(7-5-13)20-27-17(12-28-20)11-25-21(24-3)26-14(2)16-8-9-18(22)19(23)10-16/h4-10,12,14H,11H2,1-3H3,(H2,24,25,26). The molecule has 2 N–H and O–H groups in total. The van der Waals surface area contributed by atoms with Gasteiger partial charge >= 0.3 is 0 Å². The first-order valence-corrected chi connectivity index (χ1v) is 8.90. The van der Waals surface area contributed by atoms with E-state index in [4.69, 9.17) is 4.42 Å². The molecule has 0 spiro atoms. The van der Waals surface area contributed by atoms with Crippen molar-refractivity contribution in [3.8, 4) is 11.5 Å². The minimum atomic E-state index is -0.875. The molecule has 3 aromatic rings. The number of hydrogen-bond donors (Lipinski definition) is 2. The number of benzene rings is 2. The van der Waals surface area contributed by atoms with Crippen LogP contribution in [-0.2, 0) is 6.54 Å². The zero-order chi connectivity index (χ0) is 20.1.